The SMILES string of the molecule is Cc1ccc(-n2ncc3c2ncn2nc(-c4ccc(C(C)(C)C)cc4)nc32)cc1C. The quantitative estimate of drug-likeness (QED) is 0.419. The van der Waals surface area contributed by atoms with Crippen LogP contribution in [0.15, 0.2) is 55.0 Å². The van der Waals surface area contributed by atoms with E-state index in [-0.39, 0.29) is 5.41 Å². The van der Waals surface area contributed by atoms with E-state index in [1.165, 1.54) is 16.7 Å². The first kappa shape index (κ1) is 18.5. The van der Waals surface area contributed by atoms with Gasteiger partial charge in [-0.25, -0.2) is 19.2 Å². The number of hydrogen-bond donors (Lipinski definition) is 0. The molecule has 0 radical (unpaired) electrons. The third kappa shape index (κ3) is 2.96. The molecule has 0 spiro atoms. The lowest BCUT2D eigenvalue weighted by Crippen LogP contribution is -2.10. The molecule has 0 saturated carbocycles. The van der Waals surface area contributed by atoms with E-state index in [4.69, 9.17) is 4.98 Å². The van der Waals surface area contributed by atoms with Gasteiger partial charge in [0.2, 0.25) is 0 Å². The molecule has 0 saturated heterocycles. The molecule has 0 aliphatic carbocycles. The van der Waals surface area contributed by atoms with Crippen molar-refractivity contribution in [3.05, 3.63) is 71.7 Å². The van der Waals surface area contributed by atoms with Crippen molar-refractivity contribution in [3.8, 4) is 17.1 Å². The molecule has 0 bridgehead atoms. The summed E-state index contributed by atoms with van der Waals surface area (Å²) in [5, 5.41) is 10.1. The lowest BCUT2D eigenvalue weighted by atomic mass is 9.87. The molecule has 6 heteroatoms. The van der Waals surface area contributed by atoms with Crippen molar-refractivity contribution in [1.29, 1.82) is 0 Å². The maximum Gasteiger partial charge on any atom is 0.182 e. The Hall–Kier alpha value is -3.54. The second kappa shape index (κ2) is 6.49. The standard InChI is InChI=1S/C24H24N6/c1-15-6-11-19(12-16(15)2)30-22-20(13-26-30)23-27-21(28-29(23)14-25-22)17-7-9-18(10-8-17)24(3,4)5/h6-14H,1-5H3. The first-order valence-electron chi connectivity index (χ1n) is 10.1. The molecular weight excluding hydrogens is 372 g/mol. The van der Waals surface area contributed by atoms with Gasteiger partial charge < -0.3 is 0 Å². The fraction of sp³-hybridized carbons (Fsp3) is 0.250. The van der Waals surface area contributed by atoms with Crippen LogP contribution in [0.3, 0.4) is 0 Å². The van der Waals surface area contributed by atoms with E-state index in [0.717, 1.165) is 27.9 Å². The minimum Gasteiger partial charge on any atom is -0.216 e. The highest BCUT2D eigenvalue weighted by Gasteiger charge is 2.16. The van der Waals surface area contributed by atoms with Crippen LogP contribution in [0.25, 0.3) is 33.8 Å². The highest BCUT2D eigenvalue weighted by molar-refractivity contribution is 5.90. The third-order valence-corrected chi connectivity index (χ3v) is 5.65. The Balaban J connectivity index is 1.61. The predicted octanol–water partition coefficient (Wildman–Crippen LogP) is 5.04. The predicted molar refractivity (Wildman–Crippen MR) is 119 cm³/mol. The number of aromatic nitrogens is 6. The topological polar surface area (TPSA) is 60.9 Å². The summed E-state index contributed by atoms with van der Waals surface area (Å²) in [5.41, 5.74) is 7.38. The summed E-state index contributed by atoms with van der Waals surface area (Å²) in [6.07, 6.45) is 3.52. The molecule has 0 unspecified atom stereocenters. The Morgan fingerprint density at radius 1 is 0.867 bits per heavy atom. The van der Waals surface area contributed by atoms with Gasteiger partial charge in [-0.2, -0.15) is 5.10 Å². The van der Waals surface area contributed by atoms with Crippen LogP contribution in [-0.4, -0.2) is 29.4 Å². The van der Waals surface area contributed by atoms with Crippen LogP contribution in [0, 0.1) is 13.8 Å². The van der Waals surface area contributed by atoms with Crippen molar-refractivity contribution in [1.82, 2.24) is 29.4 Å². The fourth-order valence-corrected chi connectivity index (χ4v) is 3.61. The Kier molecular flexibility index (Phi) is 4.00. The first-order valence-corrected chi connectivity index (χ1v) is 10.1. The highest BCUT2D eigenvalue weighted by Crippen LogP contribution is 2.26. The molecule has 3 aromatic heterocycles. The van der Waals surface area contributed by atoms with Gasteiger partial charge in [-0.3, -0.25) is 0 Å². The molecule has 0 aliphatic heterocycles. The van der Waals surface area contributed by atoms with E-state index in [9.17, 15) is 0 Å². The molecule has 5 rings (SSSR count). The van der Waals surface area contributed by atoms with Crippen molar-refractivity contribution in [2.24, 2.45) is 0 Å². The molecule has 0 amide bonds. The highest BCUT2D eigenvalue weighted by atomic mass is 15.3. The molecule has 0 aliphatic rings. The van der Waals surface area contributed by atoms with Gasteiger partial charge in [0.1, 0.15) is 6.33 Å². The number of hydrogen-bond acceptors (Lipinski definition) is 4. The summed E-state index contributed by atoms with van der Waals surface area (Å²) >= 11 is 0. The summed E-state index contributed by atoms with van der Waals surface area (Å²) in [6.45, 7) is 10.8. The van der Waals surface area contributed by atoms with Crippen LogP contribution in [0.5, 0.6) is 0 Å². The van der Waals surface area contributed by atoms with Gasteiger partial charge in [-0.15, -0.1) is 5.10 Å². The molecule has 150 valence electrons. The minimum absolute atomic E-state index is 0.115. The zero-order valence-electron chi connectivity index (χ0n) is 17.9. The summed E-state index contributed by atoms with van der Waals surface area (Å²) in [5.74, 6) is 0.684. The zero-order valence-corrected chi connectivity index (χ0v) is 17.9. The normalized spacial score (nSPS) is 12.2. The van der Waals surface area contributed by atoms with Crippen LogP contribution < -0.4 is 0 Å². The van der Waals surface area contributed by atoms with Crippen molar-refractivity contribution in [2.75, 3.05) is 0 Å². The maximum absolute atomic E-state index is 4.80. The molecule has 0 atom stereocenters. The molecule has 0 N–H and O–H groups in total. The summed E-state index contributed by atoms with van der Waals surface area (Å²) in [6, 6.07) is 14.7. The molecule has 0 fully saturated rings. The second-order valence-electron chi connectivity index (χ2n) is 8.84. The number of fused-ring (bicyclic) bond motifs is 3. The van der Waals surface area contributed by atoms with Gasteiger partial charge in [0.25, 0.3) is 0 Å². The maximum atomic E-state index is 4.80. The monoisotopic (exact) mass is 396 g/mol. The Bertz CT molecular complexity index is 1380. The van der Waals surface area contributed by atoms with Gasteiger partial charge >= 0.3 is 0 Å². The molecule has 5 aromatic rings. The number of aryl methyl sites for hydroxylation is 2. The average Bonchev–Trinajstić information content (AvgIpc) is 3.33. The van der Waals surface area contributed by atoms with E-state index in [0.29, 0.717) is 5.82 Å². The fourth-order valence-electron chi connectivity index (χ4n) is 3.61. The smallest absolute Gasteiger partial charge is 0.182 e. The largest absolute Gasteiger partial charge is 0.216 e. The molecular formula is C24H24N6. The van der Waals surface area contributed by atoms with Crippen molar-refractivity contribution < 1.29 is 0 Å². The van der Waals surface area contributed by atoms with E-state index < -0.39 is 0 Å². The number of rotatable bonds is 2. The van der Waals surface area contributed by atoms with Crippen LogP contribution in [-0.2, 0) is 5.41 Å². The van der Waals surface area contributed by atoms with Crippen LogP contribution in [0.4, 0.5) is 0 Å². The van der Waals surface area contributed by atoms with Gasteiger partial charge in [0.05, 0.1) is 17.3 Å². The molecule has 2 aromatic carbocycles. The summed E-state index contributed by atoms with van der Waals surface area (Å²) in [4.78, 5) is 9.41. The van der Waals surface area contributed by atoms with E-state index in [1.54, 1.807) is 10.8 Å². The lowest BCUT2D eigenvalue weighted by Gasteiger charge is -2.18. The van der Waals surface area contributed by atoms with Crippen molar-refractivity contribution in [2.45, 2.75) is 40.0 Å². The molecule has 3 heterocycles. The first-order chi connectivity index (χ1) is 14.3. The Morgan fingerprint density at radius 2 is 1.63 bits per heavy atom. The van der Waals surface area contributed by atoms with Gasteiger partial charge in [-0.05, 0) is 48.1 Å². The lowest BCUT2D eigenvalue weighted by molar-refractivity contribution is 0.590. The van der Waals surface area contributed by atoms with Gasteiger partial charge in [0.15, 0.2) is 17.1 Å². The minimum atomic E-state index is 0.115. The van der Waals surface area contributed by atoms with Crippen molar-refractivity contribution in [3.63, 3.8) is 0 Å². The Morgan fingerprint density at radius 3 is 2.33 bits per heavy atom. The third-order valence-electron chi connectivity index (χ3n) is 5.65. The van der Waals surface area contributed by atoms with E-state index in [1.807, 2.05) is 10.9 Å². The van der Waals surface area contributed by atoms with Gasteiger partial charge in [0, 0.05) is 5.56 Å². The zero-order chi connectivity index (χ0) is 21.0. The summed E-state index contributed by atoms with van der Waals surface area (Å²) in [7, 11) is 0. The van der Waals surface area contributed by atoms with Crippen LogP contribution in [0.2, 0.25) is 0 Å². The van der Waals surface area contributed by atoms with Crippen LogP contribution in [0.1, 0.15) is 37.5 Å². The summed E-state index contributed by atoms with van der Waals surface area (Å²) < 4.78 is 3.58. The van der Waals surface area contributed by atoms with Crippen molar-refractivity contribution >= 4 is 16.7 Å². The van der Waals surface area contributed by atoms with Gasteiger partial charge in [-0.1, -0.05) is 51.1 Å². The molecule has 6 nitrogen and oxygen atoms in total. The Labute approximate surface area is 175 Å². The van der Waals surface area contributed by atoms with Crippen LogP contribution >= 0.6 is 0 Å². The van der Waals surface area contributed by atoms with E-state index >= 15 is 0 Å². The molecule has 30 heavy (non-hydrogen) atoms. The second-order valence-corrected chi connectivity index (χ2v) is 8.84. The number of nitrogens with zero attached hydrogens (tertiary/aromatic N) is 6. The van der Waals surface area contributed by atoms with E-state index in [2.05, 4.69) is 92.3 Å². The average molecular weight is 396 g/mol. The number of benzene rings is 2.